The van der Waals surface area contributed by atoms with Gasteiger partial charge in [-0.1, -0.05) is 0 Å². The minimum atomic E-state index is -5.10. The topological polar surface area (TPSA) is 107 Å². The summed E-state index contributed by atoms with van der Waals surface area (Å²) >= 11 is 1.22. The molecule has 0 radical (unpaired) electrons. The number of piperazine rings is 1. The van der Waals surface area contributed by atoms with Gasteiger partial charge in [-0.05, 0) is 40.2 Å². The number of carbonyl (C=O) groups is 2. The van der Waals surface area contributed by atoms with E-state index in [2.05, 4.69) is 14.7 Å². The van der Waals surface area contributed by atoms with Gasteiger partial charge in [0.2, 0.25) is 0 Å². The van der Waals surface area contributed by atoms with Crippen LogP contribution < -0.4 is 9.64 Å². The Kier molecular flexibility index (Phi) is 6.40. The van der Waals surface area contributed by atoms with Gasteiger partial charge in [0.15, 0.2) is 16.8 Å². The maximum absolute atomic E-state index is 13.4. The summed E-state index contributed by atoms with van der Waals surface area (Å²) in [5.41, 5.74) is -1.09. The van der Waals surface area contributed by atoms with Gasteiger partial charge in [0.05, 0.1) is 24.3 Å². The van der Waals surface area contributed by atoms with Crippen LogP contribution >= 0.6 is 11.3 Å². The number of carbonyl (C=O) groups excluding carboxylic acids is 2. The van der Waals surface area contributed by atoms with E-state index in [-0.39, 0.29) is 41.4 Å². The van der Waals surface area contributed by atoms with Crippen LogP contribution in [0.3, 0.4) is 0 Å². The molecule has 3 aromatic rings. The molecule has 3 aliphatic heterocycles. The number of ether oxygens (including phenoxy) is 3. The second-order valence-corrected chi connectivity index (χ2v) is 10.8. The number of oxazole rings is 1. The third-order valence-corrected chi connectivity index (χ3v) is 6.86. The summed E-state index contributed by atoms with van der Waals surface area (Å²) in [7, 11) is 0. The van der Waals surface area contributed by atoms with Gasteiger partial charge in [-0.2, -0.15) is 4.98 Å². The number of amides is 1. The van der Waals surface area contributed by atoms with Crippen molar-refractivity contribution in [1.29, 1.82) is 0 Å². The van der Waals surface area contributed by atoms with Crippen LogP contribution in [0.2, 0.25) is 0 Å². The number of piperidine rings is 1. The number of hydrogen-bond acceptors (Lipinski definition) is 10. The van der Waals surface area contributed by atoms with E-state index in [9.17, 15) is 22.8 Å². The summed E-state index contributed by atoms with van der Waals surface area (Å²) < 4.78 is 61.1. The van der Waals surface area contributed by atoms with Crippen molar-refractivity contribution in [3.8, 4) is 16.3 Å². The van der Waals surface area contributed by atoms with Crippen molar-refractivity contribution >= 4 is 40.5 Å². The SMILES string of the molecule is CCOC(=O)c1cc(-c2nccs2)c2oc(N3CC4CC(C3)N4C(=O)OC(C)(C)C)nc2c1OC(F)(F)F. The van der Waals surface area contributed by atoms with E-state index >= 15 is 0 Å². The van der Waals surface area contributed by atoms with Crippen molar-refractivity contribution in [2.24, 2.45) is 0 Å². The predicted molar refractivity (Wildman–Crippen MR) is 130 cm³/mol. The zero-order valence-corrected chi connectivity index (χ0v) is 21.8. The number of fused-ring (bicyclic) bond motifs is 3. The normalized spacial score (nSPS) is 19.3. The van der Waals surface area contributed by atoms with Gasteiger partial charge in [-0.15, -0.1) is 24.5 Å². The highest BCUT2D eigenvalue weighted by Crippen LogP contribution is 2.44. The molecule has 1 aromatic carbocycles. The highest BCUT2D eigenvalue weighted by atomic mass is 32.1. The molecule has 0 saturated carbocycles. The highest BCUT2D eigenvalue weighted by molar-refractivity contribution is 7.13. The first-order chi connectivity index (χ1) is 17.8. The number of benzene rings is 1. The van der Waals surface area contributed by atoms with Crippen molar-refractivity contribution in [3.63, 3.8) is 0 Å². The minimum absolute atomic E-state index is 0.00880. The maximum atomic E-state index is 13.4. The predicted octanol–water partition coefficient (Wildman–Crippen LogP) is 5.22. The van der Waals surface area contributed by atoms with Crippen molar-refractivity contribution in [2.45, 2.75) is 58.2 Å². The van der Waals surface area contributed by atoms with Crippen molar-refractivity contribution in [1.82, 2.24) is 14.9 Å². The molecular weight excluding hydrogens is 529 g/mol. The summed E-state index contributed by atoms with van der Waals surface area (Å²) in [6, 6.07) is 0.924. The van der Waals surface area contributed by atoms with E-state index in [1.54, 1.807) is 42.9 Å². The van der Waals surface area contributed by atoms with Crippen LogP contribution in [0.15, 0.2) is 22.1 Å². The second kappa shape index (κ2) is 9.33. The summed E-state index contributed by atoms with van der Waals surface area (Å²) in [5, 5.41) is 2.10. The summed E-state index contributed by atoms with van der Waals surface area (Å²) in [4.78, 5) is 37.3. The second-order valence-electron chi connectivity index (χ2n) is 9.92. The van der Waals surface area contributed by atoms with Crippen LogP contribution in [0.25, 0.3) is 21.7 Å². The van der Waals surface area contributed by atoms with Crippen molar-refractivity contribution in [2.75, 3.05) is 24.6 Å². The Hall–Kier alpha value is -3.55. The lowest BCUT2D eigenvalue weighted by Gasteiger charge is -2.55. The van der Waals surface area contributed by atoms with Gasteiger partial charge in [-0.25, -0.2) is 14.6 Å². The lowest BCUT2D eigenvalue weighted by Crippen LogP contribution is -2.70. The van der Waals surface area contributed by atoms with Gasteiger partial charge in [0, 0.05) is 24.7 Å². The smallest absolute Gasteiger partial charge is 0.462 e. The number of hydrogen-bond donors (Lipinski definition) is 0. The van der Waals surface area contributed by atoms with E-state index in [1.807, 2.05) is 0 Å². The monoisotopic (exact) mass is 554 g/mol. The largest absolute Gasteiger partial charge is 0.573 e. The molecule has 10 nitrogen and oxygen atoms in total. The fraction of sp³-hybridized carbons (Fsp3) is 0.500. The first-order valence-electron chi connectivity index (χ1n) is 11.9. The molecule has 6 rings (SSSR count). The van der Waals surface area contributed by atoms with Gasteiger partial charge in [0.25, 0.3) is 6.01 Å². The van der Waals surface area contributed by atoms with E-state index in [1.165, 1.54) is 23.6 Å². The van der Waals surface area contributed by atoms with Gasteiger partial charge < -0.3 is 23.5 Å². The molecule has 204 valence electrons. The molecule has 0 aliphatic carbocycles. The van der Waals surface area contributed by atoms with Crippen molar-refractivity contribution < 1.29 is 41.4 Å². The summed E-state index contributed by atoms with van der Waals surface area (Å²) in [6.45, 7) is 7.54. The number of rotatable bonds is 5. The molecule has 3 fully saturated rings. The Labute approximate surface area is 219 Å². The molecule has 5 heterocycles. The molecular formula is C24H25F3N4O6S. The lowest BCUT2D eigenvalue weighted by molar-refractivity contribution is -0.274. The van der Waals surface area contributed by atoms with E-state index in [4.69, 9.17) is 13.9 Å². The van der Waals surface area contributed by atoms with Crippen LogP contribution in [0, 0.1) is 0 Å². The number of thiazole rings is 1. The van der Waals surface area contributed by atoms with Crippen LogP contribution in [-0.2, 0) is 9.47 Å². The molecule has 38 heavy (non-hydrogen) atoms. The fourth-order valence-corrected chi connectivity index (χ4v) is 5.31. The molecule has 2 unspecified atom stereocenters. The van der Waals surface area contributed by atoms with E-state index in [0.29, 0.717) is 18.1 Å². The molecule has 2 aromatic heterocycles. The molecule has 14 heteroatoms. The standard InChI is InChI=1S/C24H25F3N4O6S/c1-5-34-20(32)15-9-14(19-28-6-7-38-19)17-16(18(15)36-24(25,26)27)29-21(35-17)30-10-12-8-13(11-30)31(12)22(33)37-23(2,3)4/h6-7,9,12-13H,5,8,10-11H2,1-4H3. The van der Waals surface area contributed by atoms with E-state index in [0.717, 1.165) is 6.42 Å². The van der Waals surface area contributed by atoms with Crippen LogP contribution in [0.4, 0.5) is 24.0 Å². The summed E-state index contributed by atoms with van der Waals surface area (Å²) in [6.07, 6.45) is -3.23. The fourth-order valence-electron chi connectivity index (χ4n) is 4.66. The Morgan fingerprint density at radius 2 is 1.92 bits per heavy atom. The van der Waals surface area contributed by atoms with Crippen LogP contribution in [0.1, 0.15) is 44.5 Å². The lowest BCUT2D eigenvalue weighted by atomic mass is 9.88. The number of halogens is 3. The number of alkyl halides is 3. The molecule has 2 bridgehead atoms. The summed E-state index contributed by atoms with van der Waals surface area (Å²) in [5.74, 6) is -1.80. The number of esters is 1. The molecule has 3 aliphatic rings. The molecule has 0 spiro atoms. The average molecular weight is 555 g/mol. The van der Waals surface area contributed by atoms with Gasteiger partial charge in [0.1, 0.15) is 16.2 Å². The Balaban J connectivity index is 1.55. The molecule has 1 amide bonds. The minimum Gasteiger partial charge on any atom is -0.462 e. The molecule has 0 N–H and O–H groups in total. The van der Waals surface area contributed by atoms with Crippen LogP contribution in [-0.4, -0.2) is 70.7 Å². The zero-order valence-electron chi connectivity index (χ0n) is 21.0. The molecule has 2 atom stereocenters. The van der Waals surface area contributed by atoms with Crippen molar-refractivity contribution in [3.05, 3.63) is 23.2 Å². The third-order valence-electron chi connectivity index (χ3n) is 6.05. The Morgan fingerprint density at radius 3 is 2.50 bits per heavy atom. The number of aromatic nitrogens is 2. The Morgan fingerprint density at radius 1 is 1.21 bits per heavy atom. The van der Waals surface area contributed by atoms with Gasteiger partial charge >= 0.3 is 18.4 Å². The Bertz CT molecular complexity index is 1360. The van der Waals surface area contributed by atoms with E-state index < -0.39 is 35.3 Å². The quantitative estimate of drug-likeness (QED) is 0.392. The number of anilines is 1. The molecule has 3 saturated heterocycles. The van der Waals surface area contributed by atoms with Gasteiger partial charge in [-0.3, -0.25) is 4.90 Å². The third kappa shape index (κ3) is 4.96. The van der Waals surface area contributed by atoms with Crippen LogP contribution in [0.5, 0.6) is 5.75 Å². The first-order valence-corrected chi connectivity index (χ1v) is 12.8. The maximum Gasteiger partial charge on any atom is 0.573 e. The zero-order chi connectivity index (χ0) is 27.4. The average Bonchev–Trinajstić information content (AvgIpc) is 3.48. The highest BCUT2D eigenvalue weighted by Gasteiger charge is 2.50. The first kappa shape index (κ1) is 26.1. The number of nitrogens with zero attached hydrogens (tertiary/aromatic N) is 4.